The zero-order valence-electron chi connectivity index (χ0n) is 8.31. The van der Waals surface area contributed by atoms with Crippen LogP contribution in [0, 0.1) is 6.92 Å². The Kier molecular flexibility index (Phi) is 2.26. The van der Waals surface area contributed by atoms with E-state index in [1.165, 1.54) is 0 Å². The van der Waals surface area contributed by atoms with Gasteiger partial charge in [-0.1, -0.05) is 6.92 Å². The molecule has 0 aliphatic carbocycles. The van der Waals surface area contributed by atoms with Crippen LogP contribution < -0.4 is 0 Å². The van der Waals surface area contributed by atoms with Crippen LogP contribution in [0.4, 0.5) is 0 Å². The second-order valence-electron chi connectivity index (χ2n) is 3.09. The molecule has 0 radical (unpaired) electrons. The first kappa shape index (κ1) is 8.87. The summed E-state index contributed by atoms with van der Waals surface area (Å²) in [5, 5.41) is 0. The van der Waals surface area contributed by atoms with E-state index >= 15 is 0 Å². The van der Waals surface area contributed by atoms with E-state index in [1.807, 2.05) is 23.8 Å². The van der Waals surface area contributed by atoms with E-state index < -0.39 is 0 Å². The SMILES string of the molecule is CCc1cc(-n2ccnc2)nc(C)n1. The summed E-state index contributed by atoms with van der Waals surface area (Å²) in [5.74, 6) is 1.68. The molecular weight excluding hydrogens is 176 g/mol. The normalized spacial score (nSPS) is 10.4. The summed E-state index contributed by atoms with van der Waals surface area (Å²) in [7, 11) is 0. The Bertz CT molecular complexity index is 420. The van der Waals surface area contributed by atoms with Gasteiger partial charge in [-0.15, -0.1) is 0 Å². The molecule has 14 heavy (non-hydrogen) atoms. The van der Waals surface area contributed by atoms with E-state index in [2.05, 4.69) is 21.9 Å². The van der Waals surface area contributed by atoms with Crippen molar-refractivity contribution in [2.45, 2.75) is 20.3 Å². The molecule has 2 aromatic heterocycles. The molecule has 0 bridgehead atoms. The van der Waals surface area contributed by atoms with Crippen LogP contribution in [-0.4, -0.2) is 19.5 Å². The summed E-state index contributed by atoms with van der Waals surface area (Å²) >= 11 is 0. The fourth-order valence-electron chi connectivity index (χ4n) is 1.32. The van der Waals surface area contributed by atoms with Gasteiger partial charge in [0.15, 0.2) is 0 Å². The zero-order chi connectivity index (χ0) is 9.97. The average Bonchev–Trinajstić information content (AvgIpc) is 2.69. The molecule has 2 heterocycles. The average molecular weight is 188 g/mol. The summed E-state index contributed by atoms with van der Waals surface area (Å²) in [6.07, 6.45) is 6.27. The van der Waals surface area contributed by atoms with Crippen LogP contribution in [-0.2, 0) is 6.42 Å². The van der Waals surface area contributed by atoms with Gasteiger partial charge in [-0.25, -0.2) is 15.0 Å². The molecule has 0 aromatic carbocycles. The highest BCUT2D eigenvalue weighted by molar-refractivity contribution is 5.25. The molecule has 0 amide bonds. The lowest BCUT2D eigenvalue weighted by Crippen LogP contribution is -2.01. The first-order valence-electron chi connectivity index (χ1n) is 4.62. The minimum Gasteiger partial charge on any atom is -0.290 e. The minimum atomic E-state index is 0.799. The molecule has 0 aliphatic heterocycles. The van der Waals surface area contributed by atoms with E-state index in [0.29, 0.717) is 0 Å². The maximum absolute atomic E-state index is 4.34. The summed E-state index contributed by atoms with van der Waals surface area (Å²) in [6.45, 7) is 3.99. The summed E-state index contributed by atoms with van der Waals surface area (Å²) in [6, 6.07) is 1.98. The summed E-state index contributed by atoms with van der Waals surface area (Å²) in [4.78, 5) is 12.6. The lowest BCUT2D eigenvalue weighted by atomic mass is 10.3. The van der Waals surface area contributed by atoms with Gasteiger partial charge in [0.25, 0.3) is 0 Å². The predicted molar refractivity (Wildman–Crippen MR) is 53.3 cm³/mol. The number of nitrogens with zero attached hydrogens (tertiary/aromatic N) is 4. The van der Waals surface area contributed by atoms with Crippen molar-refractivity contribution < 1.29 is 0 Å². The quantitative estimate of drug-likeness (QED) is 0.717. The second-order valence-corrected chi connectivity index (χ2v) is 3.09. The molecular formula is C10H12N4. The third-order valence-corrected chi connectivity index (χ3v) is 2.01. The van der Waals surface area contributed by atoms with Gasteiger partial charge in [0, 0.05) is 24.2 Å². The molecule has 0 unspecified atom stereocenters. The van der Waals surface area contributed by atoms with Gasteiger partial charge in [0.1, 0.15) is 18.0 Å². The largest absolute Gasteiger partial charge is 0.290 e. The van der Waals surface area contributed by atoms with Gasteiger partial charge in [0.05, 0.1) is 0 Å². The van der Waals surface area contributed by atoms with Gasteiger partial charge in [0.2, 0.25) is 0 Å². The number of aryl methyl sites for hydroxylation is 2. The molecule has 0 N–H and O–H groups in total. The van der Waals surface area contributed by atoms with Crippen molar-refractivity contribution in [3.05, 3.63) is 36.3 Å². The first-order valence-corrected chi connectivity index (χ1v) is 4.62. The highest BCUT2D eigenvalue weighted by atomic mass is 15.1. The van der Waals surface area contributed by atoms with E-state index in [1.54, 1.807) is 12.5 Å². The Hall–Kier alpha value is -1.71. The molecule has 0 aliphatic rings. The van der Waals surface area contributed by atoms with Gasteiger partial charge in [-0.05, 0) is 13.3 Å². The Morgan fingerprint density at radius 2 is 2.21 bits per heavy atom. The topological polar surface area (TPSA) is 43.6 Å². The lowest BCUT2D eigenvalue weighted by Gasteiger charge is -2.04. The van der Waals surface area contributed by atoms with Crippen molar-refractivity contribution in [1.29, 1.82) is 0 Å². The number of aromatic nitrogens is 4. The summed E-state index contributed by atoms with van der Waals surface area (Å²) < 4.78 is 1.88. The van der Waals surface area contributed by atoms with E-state index in [4.69, 9.17) is 0 Å². The van der Waals surface area contributed by atoms with Crippen LogP contribution in [0.2, 0.25) is 0 Å². The molecule has 4 nitrogen and oxygen atoms in total. The standard InChI is InChI=1S/C10H12N4/c1-3-9-6-10(13-8(2)12-9)14-5-4-11-7-14/h4-7H,3H2,1-2H3. The zero-order valence-corrected chi connectivity index (χ0v) is 8.31. The fraction of sp³-hybridized carbons (Fsp3) is 0.300. The van der Waals surface area contributed by atoms with Crippen LogP contribution in [0.1, 0.15) is 18.4 Å². The van der Waals surface area contributed by atoms with Gasteiger partial charge in [-0.3, -0.25) is 4.57 Å². The third-order valence-electron chi connectivity index (χ3n) is 2.01. The monoisotopic (exact) mass is 188 g/mol. The Labute approximate surface area is 82.7 Å². The molecule has 0 spiro atoms. The number of hydrogen-bond acceptors (Lipinski definition) is 3. The maximum atomic E-state index is 4.34. The van der Waals surface area contributed by atoms with Gasteiger partial charge in [-0.2, -0.15) is 0 Å². The Balaban J connectivity index is 2.48. The number of hydrogen-bond donors (Lipinski definition) is 0. The van der Waals surface area contributed by atoms with Crippen LogP contribution in [0.25, 0.3) is 5.82 Å². The van der Waals surface area contributed by atoms with Crippen LogP contribution in [0.15, 0.2) is 24.8 Å². The minimum absolute atomic E-state index is 0.799. The molecule has 4 heteroatoms. The predicted octanol–water partition coefficient (Wildman–Crippen LogP) is 1.53. The lowest BCUT2D eigenvalue weighted by molar-refractivity contribution is 0.892. The van der Waals surface area contributed by atoms with Gasteiger partial charge >= 0.3 is 0 Å². The van der Waals surface area contributed by atoms with Crippen LogP contribution in [0.5, 0.6) is 0 Å². The fourth-order valence-corrected chi connectivity index (χ4v) is 1.32. The van der Waals surface area contributed by atoms with Crippen molar-refractivity contribution in [3.63, 3.8) is 0 Å². The molecule has 0 saturated heterocycles. The van der Waals surface area contributed by atoms with Crippen molar-refractivity contribution >= 4 is 0 Å². The second kappa shape index (κ2) is 3.57. The van der Waals surface area contributed by atoms with Crippen LogP contribution >= 0.6 is 0 Å². The Morgan fingerprint density at radius 3 is 2.86 bits per heavy atom. The number of imidazole rings is 1. The van der Waals surface area contributed by atoms with Crippen molar-refractivity contribution in [2.24, 2.45) is 0 Å². The van der Waals surface area contributed by atoms with Gasteiger partial charge < -0.3 is 0 Å². The van der Waals surface area contributed by atoms with Crippen molar-refractivity contribution in [2.75, 3.05) is 0 Å². The highest BCUT2D eigenvalue weighted by Gasteiger charge is 2.01. The van der Waals surface area contributed by atoms with Crippen LogP contribution in [0.3, 0.4) is 0 Å². The maximum Gasteiger partial charge on any atom is 0.141 e. The molecule has 72 valence electrons. The Morgan fingerprint density at radius 1 is 1.36 bits per heavy atom. The van der Waals surface area contributed by atoms with E-state index in [-0.39, 0.29) is 0 Å². The smallest absolute Gasteiger partial charge is 0.141 e. The molecule has 0 fully saturated rings. The molecule has 2 rings (SSSR count). The van der Waals surface area contributed by atoms with E-state index in [0.717, 1.165) is 23.8 Å². The first-order chi connectivity index (χ1) is 6.79. The third kappa shape index (κ3) is 1.64. The van der Waals surface area contributed by atoms with Crippen molar-refractivity contribution in [3.8, 4) is 5.82 Å². The summed E-state index contributed by atoms with van der Waals surface area (Å²) in [5.41, 5.74) is 1.06. The van der Waals surface area contributed by atoms with Crippen molar-refractivity contribution in [1.82, 2.24) is 19.5 Å². The van der Waals surface area contributed by atoms with E-state index in [9.17, 15) is 0 Å². The number of rotatable bonds is 2. The molecule has 2 aromatic rings. The molecule has 0 atom stereocenters. The molecule has 0 saturated carbocycles. The highest BCUT2D eigenvalue weighted by Crippen LogP contribution is 2.06.